The van der Waals surface area contributed by atoms with Crippen LogP contribution < -0.4 is 10.1 Å². The maximum atomic E-state index is 6.31. The molecule has 1 unspecified atom stereocenters. The molecular weight excluding hydrogens is 456 g/mol. The Morgan fingerprint density at radius 2 is 2.00 bits per heavy atom. The van der Waals surface area contributed by atoms with E-state index in [2.05, 4.69) is 29.2 Å². The summed E-state index contributed by atoms with van der Waals surface area (Å²) in [5, 5.41) is 9.07. The molecule has 0 fully saturated rings. The molecule has 1 aromatic heterocycles. The zero-order valence-corrected chi connectivity index (χ0v) is 20.5. The second-order valence-electron chi connectivity index (χ2n) is 7.95. The van der Waals surface area contributed by atoms with E-state index in [0.29, 0.717) is 21.9 Å². The van der Waals surface area contributed by atoms with Gasteiger partial charge in [-0.15, -0.1) is 0 Å². The Hall–Kier alpha value is -2.90. The summed E-state index contributed by atoms with van der Waals surface area (Å²) >= 11 is 12.0. The molecule has 1 atom stereocenters. The van der Waals surface area contributed by atoms with Gasteiger partial charge in [-0.1, -0.05) is 60.8 Å². The smallest absolute Gasteiger partial charge is 0.258 e. The van der Waals surface area contributed by atoms with Gasteiger partial charge in [-0.05, 0) is 55.4 Å². The highest BCUT2D eigenvalue weighted by Crippen LogP contribution is 2.38. The third-order valence-corrected chi connectivity index (χ3v) is 6.32. The predicted molar refractivity (Wildman–Crippen MR) is 135 cm³/mol. The predicted octanol–water partition coefficient (Wildman–Crippen LogP) is 6.25. The first-order valence-electron chi connectivity index (χ1n) is 11.0. The lowest BCUT2D eigenvalue weighted by molar-refractivity contribution is 0.395. The normalized spacial score (nSPS) is 16.2. The van der Waals surface area contributed by atoms with Crippen LogP contribution in [0, 0.1) is 0 Å². The molecule has 3 aromatic rings. The summed E-state index contributed by atoms with van der Waals surface area (Å²) < 4.78 is 11.1. The van der Waals surface area contributed by atoms with Crippen LogP contribution in [0.1, 0.15) is 50.6 Å². The highest BCUT2D eigenvalue weighted by molar-refractivity contribution is 7.80. The second kappa shape index (κ2) is 10.4. The van der Waals surface area contributed by atoms with Crippen molar-refractivity contribution in [1.29, 1.82) is 0 Å². The van der Waals surface area contributed by atoms with Crippen LogP contribution in [0.25, 0.3) is 17.0 Å². The fourth-order valence-electron chi connectivity index (χ4n) is 4.00. The van der Waals surface area contributed by atoms with E-state index in [1.54, 1.807) is 7.11 Å². The van der Waals surface area contributed by atoms with Crippen molar-refractivity contribution in [3.63, 3.8) is 0 Å². The molecule has 0 bridgehead atoms. The van der Waals surface area contributed by atoms with Gasteiger partial charge >= 0.3 is 0 Å². The summed E-state index contributed by atoms with van der Waals surface area (Å²) in [7, 11) is 1.63. The molecule has 0 amide bonds. The lowest BCUT2D eigenvalue weighted by Crippen LogP contribution is -2.46. The van der Waals surface area contributed by atoms with Crippen molar-refractivity contribution in [3.05, 3.63) is 70.7 Å². The van der Waals surface area contributed by atoms with Crippen molar-refractivity contribution in [1.82, 2.24) is 20.4 Å². The van der Waals surface area contributed by atoms with Crippen molar-refractivity contribution in [2.24, 2.45) is 0 Å². The summed E-state index contributed by atoms with van der Waals surface area (Å²) in [6, 6.07) is 15.1. The molecule has 0 aliphatic carbocycles. The van der Waals surface area contributed by atoms with Gasteiger partial charge in [-0.3, -0.25) is 0 Å². The van der Waals surface area contributed by atoms with Gasteiger partial charge in [0.15, 0.2) is 5.11 Å². The monoisotopic (exact) mass is 482 g/mol. The SMILES string of the molecule is CCCCCN1C(=S)NC(c2cccc(Cl)c2)C(c2nc(-c3cccc(OC)c3)no2)=C1C. The summed E-state index contributed by atoms with van der Waals surface area (Å²) in [5.74, 6) is 1.68. The van der Waals surface area contributed by atoms with Gasteiger partial charge in [-0.2, -0.15) is 4.98 Å². The first kappa shape index (κ1) is 23.3. The molecule has 4 rings (SSSR count). The Morgan fingerprint density at radius 3 is 2.76 bits per heavy atom. The van der Waals surface area contributed by atoms with Gasteiger partial charge in [0.05, 0.1) is 18.7 Å². The Labute approximate surface area is 204 Å². The highest BCUT2D eigenvalue weighted by atomic mass is 35.5. The molecule has 1 aliphatic heterocycles. The number of ether oxygens (including phenoxy) is 1. The van der Waals surface area contributed by atoms with Crippen molar-refractivity contribution >= 4 is 34.5 Å². The van der Waals surface area contributed by atoms with Gasteiger partial charge < -0.3 is 19.5 Å². The second-order valence-corrected chi connectivity index (χ2v) is 8.77. The first-order valence-corrected chi connectivity index (χ1v) is 11.8. The number of nitrogens with zero attached hydrogens (tertiary/aromatic N) is 3. The lowest BCUT2D eigenvalue weighted by atomic mass is 9.94. The van der Waals surface area contributed by atoms with E-state index >= 15 is 0 Å². The molecule has 172 valence electrons. The summed E-state index contributed by atoms with van der Waals surface area (Å²) in [6.45, 7) is 5.07. The average molecular weight is 483 g/mol. The zero-order chi connectivity index (χ0) is 23.4. The van der Waals surface area contributed by atoms with Crippen LogP contribution in [0.15, 0.2) is 58.8 Å². The molecule has 6 nitrogen and oxygen atoms in total. The molecule has 1 aliphatic rings. The fourth-order valence-corrected chi connectivity index (χ4v) is 4.54. The van der Waals surface area contributed by atoms with Crippen molar-refractivity contribution in [2.45, 2.75) is 39.2 Å². The maximum Gasteiger partial charge on any atom is 0.258 e. The molecule has 2 aromatic carbocycles. The van der Waals surface area contributed by atoms with Crippen LogP contribution in [-0.4, -0.2) is 33.8 Å². The molecule has 0 saturated carbocycles. The van der Waals surface area contributed by atoms with Crippen LogP contribution >= 0.6 is 23.8 Å². The Balaban J connectivity index is 1.77. The first-order chi connectivity index (χ1) is 16.0. The van der Waals surface area contributed by atoms with Gasteiger partial charge in [-0.25, -0.2) is 0 Å². The summed E-state index contributed by atoms with van der Waals surface area (Å²) in [4.78, 5) is 6.87. The standard InChI is InChI=1S/C25H27ClN4O2S/c1-4-5-6-13-30-16(2)21(22(27-25(30)33)17-9-7-11-19(26)14-17)24-28-23(29-32-24)18-10-8-12-20(15-18)31-3/h7-12,14-15,22H,4-6,13H2,1-3H3,(H,27,33). The average Bonchev–Trinajstić information content (AvgIpc) is 3.30. The molecule has 0 spiro atoms. The highest BCUT2D eigenvalue weighted by Gasteiger charge is 2.34. The van der Waals surface area contributed by atoms with Crippen LogP contribution in [0.4, 0.5) is 0 Å². The molecule has 33 heavy (non-hydrogen) atoms. The number of allylic oxidation sites excluding steroid dienone is 1. The van der Waals surface area contributed by atoms with Crippen LogP contribution in [-0.2, 0) is 0 Å². The Morgan fingerprint density at radius 1 is 1.18 bits per heavy atom. The van der Waals surface area contributed by atoms with Crippen LogP contribution in [0.5, 0.6) is 5.75 Å². The third-order valence-electron chi connectivity index (χ3n) is 5.75. The van der Waals surface area contributed by atoms with Gasteiger partial charge in [0.25, 0.3) is 5.89 Å². The van der Waals surface area contributed by atoms with Crippen molar-refractivity contribution in [3.8, 4) is 17.1 Å². The van der Waals surface area contributed by atoms with Gasteiger partial charge in [0.2, 0.25) is 5.82 Å². The third kappa shape index (κ3) is 5.04. The van der Waals surface area contributed by atoms with Gasteiger partial charge in [0, 0.05) is 22.8 Å². The van der Waals surface area contributed by atoms with E-state index in [-0.39, 0.29) is 6.04 Å². The molecule has 2 heterocycles. The van der Waals surface area contributed by atoms with E-state index in [9.17, 15) is 0 Å². The molecule has 0 saturated heterocycles. The number of unbranched alkanes of at least 4 members (excludes halogenated alkanes) is 2. The maximum absolute atomic E-state index is 6.31. The number of rotatable bonds is 8. The Kier molecular flexibility index (Phi) is 7.30. The minimum absolute atomic E-state index is 0.253. The number of halogens is 1. The topological polar surface area (TPSA) is 63.4 Å². The number of hydrogen-bond donors (Lipinski definition) is 1. The number of benzene rings is 2. The zero-order valence-electron chi connectivity index (χ0n) is 19.0. The Bertz CT molecular complexity index is 1180. The van der Waals surface area contributed by atoms with Crippen molar-refractivity contribution in [2.75, 3.05) is 13.7 Å². The van der Waals surface area contributed by atoms with E-state index in [1.807, 2.05) is 48.5 Å². The van der Waals surface area contributed by atoms with Gasteiger partial charge in [0.1, 0.15) is 5.75 Å². The molecular formula is C25H27ClN4O2S. The van der Waals surface area contributed by atoms with E-state index in [1.165, 1.54) is 0 Å². The number of methoxy groups -OCH3 is 1. The van der Waals surface area contributed by atoms with Crippen LogP contribution in [0.2, 0.25) is 5.02 Å². The van der Waals surface area contributed by atoms with Crippen molar-refractivity contribution < 1.29 is 9.26 Å². The summed E-state index contributed by atoms with van der Waals surface area (Å²) in [6.07, 6.45) is 3.33. The quantitative estimate of drug-likeness (QED) is 0.300. The lowest BCUT2D eigenvalue weighted by Gasteiger charge is -2.37. The molecule has 1 N–H and O–H groups in total. The number of aromatic nitrogens is 2. The summed E-state index contributed by atoms with van der Waals surface area (Å²) in [5.41, 5.74) is 3.69. The van der Waals surface area contributed by atoms with E-state index in [4.69, 9.17) is 38.1 Å². The number of thiocarbonyl (C=S) groups is 1. The number of hydrogen-bond acceptors (Lipinski definition) is 5. The molecule has 0 radical (unpaired) electrons. The minimum Gasteiger partial charge on any atom is -0.497 e. The largest absolute Gasteiger partial charge is 0.497 e. The van der Waals surface area contributed by atoms with Crippen LogP contribution in [0.3, 0.4) is 0 Å². The minimum atomic E-state index is -0.253. The number of nitrogens with one attached hydrogen (secondary N) is 1. The van der Waals surface area contributed by atoms with E-state index in [0.717, 1.165) is 54.0 Å². The molecule has 8 heteroatoms. The fraction of sp³-hybridized carbons (Fsp3) is 0.320. The van der Waals surface area contributed by atoms with E-state index < -0.39 is 0 Å².